The molecule has 0 aliphatic heterocycles. The zero-order chi connectivity index (χ0) is 25.5. The van der Waals surface area contributed by atoms with Crippen LogP contribution < -0.4 is 14.8 Å². The Morgan fingerprint density at radius 1 is 0.865 bits per heavy atom. The summed E-state index contributed by atoms with van der Waals surface area (Å²) in [5.74, 6) is 2.25. The van der Waals surface area contributed by atoms with Crippen LogP contribution in [-0.4, -0.2) is 33.0 Å². The fraction of sp³-hybridized carbons (Fsp3) is 0.138. The highest BCUT2D eigenvalue weighted by atomic mass is 32.2. The number of carbonyl (C=O) groups is 1. The largest absolute Gasteiger partial charge is 0.494 e. The molecule has 1 amide bonds. The number of nitrogens with zero attached hydrogens (tertiary/aromatic N) is 3. The van der Waals surface area contributed by atoms with E-state index >= 15 is 0 Å². The van der Waals surface area contributed by atoms with Gasteiger partial charge in [-0.05, 0) is 54.8 Å². The monoisotopic (exact) mass is 510 g/mol. The minimum Gasteiger partial charge on any atom is -0.494 e. The second-order valence-corrected chi connectivity index (χ2v) is 9.07. The molecule has 5 rings (SSSR count). The topological polar surface area (TPSA) is 78.3 Å². The summed E-state index contributed by atoms with van der Waals surface area (Å²) in [6, 6.07) is 31.2. The zero-order valence-corrected chi connectivity index (χ0v) is 21.2. The van der Waals surface area contributed by atoms with Crippen LogP contribution in [0.1, 0.15) is 12.7 Å². The van der Waals surface area contributed by atoms with Crippen molar-refractivity contribution in [3.05, 3.63) is 103 Å². The highest BCUT2D eigenvalue weighted by Gasteiger charge is 2.17. The van der Waals surface area contributed by atoms with Gasteiger partial charge in [0, 0.05) is 16.8 Å². The van der Waals surface area contributed by atoms with Crippen LogP contribution in [-0.2, 0) is 11.4 Å². The summed E-state index contributed by atoms with van der Waals surface area (Å²) in [7, 11) is 0. The lowest BCUT2D eigenvalue weighted by Crippen LogP contribution is -2.14. The predicted octanol–water partition coefficient (Wildman–Crippen LogP) is 6.13. The molecule has 0 atom stereocenters. The van der Waals surface area contributed by atoms with E-state index in [-0.39, 0.29) is 18.3 Å². The number of benzene rings is 4. The molecular weight excluding hydrogens is 484 g/mol. The minimum absolute atomic E-state index is 0.134. The Hall–Kier alpha value is -4.30. The van der Waals surface area contributed by atoms with E-state index in [0.29, 0.717) is 23.3 Å². The highest BCUT2D eigenvalue weighted by molar-refractivity contribution is 7.99. The van der Waals surface area contributed by atoms with E-state index in [2.05, 4.69) is 27.6 Å². The number of aromatic nitrogens is 3. The molecular formula is C29H26N4O3S. The summed E-state index contributed by atoms with van der Waals surface area (Å²) in [4.78, 5) is 12.6. The fourth-order valence-electron chi connectivity index (χ4n) is 3.92. The van der Waals surface area contributed by atoms with Crippen LogP contribution in [0.3, 0.4) is 0 Å². The van der Waals surface area contributed by atoms with E-state index < -0.39 is 0 Å². The number of carbonyl (C=O) groups excluding carboxylic acids is 1. The van der Waals surface area contributed by atoms with E-state index in [0.717, 1.165) is 28.0 Å². The van der Waals surface area contributed by atoms with Crippen LogP contribution in [0.25, 0.3) is 16.5 Å². The third kappa shape index (κ3) is 5.92. The van der Waals surface area contributed by atoms with Crippen molar-refractivity contribution in [2.24, 2.45) is 0 Å². The van der Waals surface area contributed by atoms with E-state index in [1.807, 2.05) is 96.4 Å². The number of anilines is 1. The molecule has 0 fully saturated rings. The number of rotatable bonds is 10. The number of nitrogens with one attached hydrogen (secondary N) is 1. The second-order valence-electron chi connectivity index (χ2n) is 8.13. The Kier molecular flexibility index (Phi) is 7.66. The van der Waals surface area contributed by atoms with Crippen LogP contribution >= 0.6 is 11.8 Å². The summed E-state index contributed by atoms with van der Waals surface area (Å²) in [6.45, 7) is 2.76. The maximum atomic E-state index is 12.6. The molecule has 0 radical (unpaired) electrons. The molecule has 186 valence electrons. The smallest absolute Gasteiger partial charge is 0.234 e. The van der Waals surface area contributed by atoms with Crippen molar-refractivity contribution in [1.82, 2.24) is 14.8 Å². The Labute approximate surface area is 219 Å². The van der Waals surface area contributed by atoms with Gasteiger partial charge < -0.3 is 14.8 Å². The number of hydrogen-bond acceptors (Lipinski definition) is 6. The molecule has 0 saturated heterocycles. The third-order valence-corrected chi connectivity index (χ3v) is 6.53. The van der Waals surface area contributed by atoms with Gasteiger partial charge in [-0.2, -0.15) is 0 Å². The standard InChI is InChI=1S/C29H26N4O3S/c1-2-35-24-17-15-22(16-18-24)30-28(34)20-37-29-32-31-27(33(29)23-11-4-3-5-12-23)19-36-26-14-8-10-21-9-6-7-13-25(21)26/h3-18H,2,19-20H2,1H3,(H,30,34). The van der Waals surface area contributed by atoms with Crippen molar-refractivity contribution >= 4 is 34.1 Å². The normalized spacial score (nSPS) is 10.8. The fourth-order valence-corrected chi connectivity index (χ4v) is 4.69. The third-order valence-electron chi connectivity index (χ3n) is 5.60. The lowest BCUT2D eigenvalue weighted by Gasteiger charge is -2.12. The van der Waals surface area contributed by atoms with E-state index in [1.165, 1.54) is 11.8 Å². The zero-order valence-electron chi connectivity index (χ0n) is 20.3. The minimum atomic E-state index is -0.134. The van der Waals surface area contributed by atoms with Crippen LogP contribution in [0.15, 0.2) is 102 Å². The Morgan fingerprint density at radius 2 is 1.62 bits per heavy atom. The van der Waals surface area contributed by atoms with E-state index in [4.69, 9.17) is 9.47 Å². The van der Waals surface area contributed by atoms with Crippen molar-refractivity contribution in [1.29, 1.82) is 0 Å². The Morgan fingerprint density at radius 3 is 2.43 bits per heavy atom. The number of fused-ring (bicyclic) bond motifs is 1. The van der Waals surface area contributed by atoms with Gasteiger partial charge in [0.2, 0.25) is 5.91 Å². The first-order valence-corrected chi connectivity index (χ1v) is 13.0. The van der Waals surface area contributed by atoms with Gasteiger partial charge in [-0.15, -0.1) is 10.2 Å². The average Bonchev–Trinajstić information content (AvgIpc) is 3.35. The maximum Gasteiger partial charge on any atom is 0.234 e. The van der Waals surface area contributed by atoms with Crippen LogP contribution in [0.4, 0.5) is 5.69 Å². The summed E-state index contributed by atoms with van der Waals surface area (Å²) < 4.78 is 13.6. The number of para-hydroxylation sites is 1. The van der Waals surface area contributed by atoms with Crippen molar-refractivity contribution in [2.45, 2.75) is 18.7 Å². The molecule has 7 nitrogen and oxygen atoms in total. The summed E-state index contributed by atoms with van der Waals surface area (Å²) >= 11 is 1.32. The van der Waals surface area contributed by atoms with Gasteiger partial charge in [-0.25, -0.2) is 0 Å². The number of hydrogen-bond donors (Lipinski definition) is 1. The molecule has 0 aliphatic rings. The first-order chi connectivity index (χ1) is 18.2. The summed E-state index contributed by atoms with van der Waals surface area (Å²) in [5, 5.41) is 14.5. The van der Waals surface area contributed by atoms with Gasteiger partial charge in [-0.1, -0.05) is 66.4 Å². The van der Waals surface area contributed by atoms with Gasteiger partial charge in [-0.3, -0.25) is 9.36 Å². The first kappa shape index (κ1) is 24.4. The maximum absolute atomic E-state index is 12.6. The molecule has 1 aromatic heterocycles. The van der Waals surface area contributed by atoms with E-state index in [1.54, 1.807) is 0 Å². The molecule has 8 heteroatoms. The summed E-state index contributed by atoms with van der Waals surface area (Å²) in [5.41, 5.74) is 1.61. The summed E-state index contributed by atoms with van der Waals surface area (Å²) in [6.07, 6.45) is 0. The Bertz CT molecular complexity index is 1480. The van der Waals surface area contributed by atoms with Crippen LogP contribution in [0.2, 0.25) is 0 Å². The van der Waals surface area contributed by atoms with Gasteiger partial charge in [0.25, 0.3) is 0 Å². The molecule has 0 spiro atoms. The molecule has 1 N–H and O–H groups in total. The van der Waals surface area contributed by atoms with Crippen LogP contribution in [0, 0.1) is 0 Å². The van der Waals surface area contributed by atoms with Crippen molar-refractivity contribution in [3.8, 4) is 17.2 Å². The molecule has 0 aliphatic carbocycles. The van der Waals surface area contributed by atoms with Gasteiger partial charge in [0.05, 0.1) is 12.4 Å². The highest BCUT2D eigenvalue weighted by Crippen LogP contribution is 2.27. The molecule has 0 unspecified atom stereocenters. The lowest BCUT2D eigenvalue weighted by atomic mass is 10.1. The molecule has 5 aromatic rings. The van der Waals surface area contributed by atoms with Gasteiger partial charge >= 0.3 is 0 Å². The number of thioether (sulfide) groups is 1. The van der Waals surface area contributed by atoms with Crippen LogP contribution in [0.5, 0.6) is 11.5 Å². The molecule has 4 aromatic carbocycles. The lowest BCUT2D eigenvalue weighted by molar-refractivity contribution is -0.113. The van der Waals surface area contributed by atoms with E-state index in [9.17, 15) is 4.79 Å². The van der Waals surface area contributed by atoms with Crippen molar-refractivity contribution < 1.29 is 14.3 Å². The second kappa shape index (κ2) is 11.6. The van der Waals surface area contributed by atoms with Crippen molar-refractivity contribution in [2.75, 3.05) is 17.7 Å². The SMILES string of the molecule is CCOc1ccc(NC(=O)CSc2nnc(COc3cccc4ccccc34)n2-c2ccccc2)cc1. The molecule has 1 heterocycles. The van der Waals surface area contributed by atoms with Gasteiger partial charge in [0.15, 0.2) is 11.0 Å². The molecule has 37 heavy (non-hydrogen) atoms. The number of amides is 1. The quantitative estimate of drug-likeness (QED) is 0.228. The number of ether oxygens (including phenoxy) is 2. The molecule has 0 bridgehead atoms. The average molecular weight is 511 g/mol. The van der Waals surface area contributed by atoms with Crippen molar-refractivity contribution in [3.63, 3.8) is 0 Å². The first-order valence-electron chi connectivity index (χ1n) is 12.0. The van der Waals surface area contributed by atoms with Gasteiger partial charge in [0.1, 0.15) is 18.1 Å². The Balaban J connectivity index is 1.31. The predicted molar refractivity (Wildman–Crippen MR) is 147 cm³/mol. The molecule has 0 saturated carbocycles.